The fourth-order valence-electron chi connectivity index (χ4n) is 2.55. The van der Waals surface area contributed by atoms with Gasteiger partial charge in [0.25, 0.3) is 0 Å². The summed E-state index contributed by atoms with van der Waals surface area (Å²) in [6.45, 7) is 9.48. The van der Waals surface area contributed by atoms with Gasteiger partial charge >= 0.3 is 0 Å². The van der Waals surface area contributed by atoms with Crippen LogP contribution in [0.5, 0.6) is 0 Å². The monoisotopic (exact) mass is 323 g/mol. The molecule has 0 bridgehead atoms. The molecule has 1 aromatic carbocycles. The van der Waals surface area contributed by atoms with E-state index in [0.29, 0.717) is 5.92 Å². The van der Waals surface area contributed by atoms with E-state index < -0.39 is 0 Å². The molecule has 0 N–H and O–H groups in total. The number of aryl methyl sites for hydroxylation is 1. The lowest BCUT2D eigenvalue weighted by molar-refractivity contribution is -0.117. The van der Waals surface area contributed by atoms with Crippen molar-refractivity contribution in [1.29, 1.82) is 0 Å². The van der Waals surface area contributed by atoms with E-state index in [1.165, 1.54) is 12.8 Å². The highest BCUT2D eigenvalue weighted by Crippen LogP contribution is 2.35. The summed E-state index contributed by atoms with van der Waals surface area (Å²) in [5.74, 6) is 0.522. The average Bonchev–Trinajstić information content (AvgIpc) is 3.26. The van der Waals surface area contributed by atoms with E-state index in [1.807, 2.05) is 19.1 Å². The zero-order chi connectivity index (χ0) is 16.3. The van der Waals surface area contributed by atoms with E-state index in [9.17, 15) is 4.79 Å². The van der Waals surface area contributed by atoms with Crippen molar-refractivity contribution in [2.45, 2.75) is 46.0 Å². The minimum absolute atomic E-state index is 0.0370. The van der Waals surface area contributed by atoms with Crippen LogP contribution in [-0.4, -0.2) is 25.1 Å². The van der Waals surface area contributed by atoms with E-state index in [-0.39, 0.29) is 23.9 Å². The Morgan fingerprint density at radius 2 is 2.05 bits per heavy atom. The maximum atomic E-state index is 12.3. The lowest BCUT2D eigenvalue weighted by atomic mass is 9.84. The van der Waals surface area contributed by atoms with E-state index in [1.54, 1.807) is 4.90 Å². The van der Waals surface area contributed by atoms with Crippen molar-refractivity contribution in [3.8, 4) is 0 Å². The Hall–Kier alpha value is -1.06. The largest absolute Gasteiger partial charge is 0.360 e. The number of ether oxygens (including phenoxy) is 1. The third-order valence-electron chi connectivity index (χ3n) is 4.00. The summed E-state index contributed by atoms with van der Waals surface area (Å²) in [7, 11) is 0. The third kappa shape index (κ3) is 4.23. The molecule has 0 spiro atoms. The van der Waals surface area contributed by atoms with Crippen LogP contribution in [0.15, 0.2) is 18.2 Å². The van der Waals surface area contributed by atoms with Crippen molar-refractivity contribution >= 4 is 23.2 Å². The molecule has 0 heterocycles. The number of amides is 1. The maximum absolute atomic E-state index is 12.3. The summed E-state index contributed by atoms with van der Waals surface area (Å²) in [4.78, 5) is 14.0. The summed E-state index contributed by atoms with van der Waals surface area (Å²) in [6, 6.07) is 6.14. The highest BCUT2D eigenvalue weighted by Gasteiger charge is 2.27. The first-order chi connectivity index (χ1) is 10.3. The van der Waals surface area contributed by atoms with Gasteiger partial charge in [0, 0.05) is 0 Å². The van der Waals surface area contributed by atoms with E-state index in [4.69, 9.17) is 16.3 Å². The van der Waals surface area contributed by atoms with Gasteiger partial charge in [-0.25, -0.2) is 0 Å². The van der Waals surface area contributed by atoms with Gasteiger partial charge in [-0.2, -0.15) is 0 Å². The second-order valence-electron chi connectivity index (χ2n) is 7.12. The Morgan fingerprint density at radius 3 is 2.59 bits per heavy atom. The Morgan fingerprint density at radius 1 is 1.36 bits per heavy atom. The summed E-state index contributed by atoms with van der Waals surface area (Å²) < 4.78 is 5.77. The van der Waals surface area contributed by atoms with Crippen LogP contribution < -0.4 is 4.90 Å². The molecule has 3 nitrogen and oxygen atoms in total. The predicted molar refractivity (Wildman–Crippen MR) is 91.6 cm³/mol. The molecule has 22 heavy (non-hydrogen) atoms. The van der Waals surface area contributed by atoms with Crippen LogP contribution in [0.2, 0.25) is 0 Å². The molecule has 2 rings (SSSR count). The fourth-order valence-corrected chi connectivity index (χ4v) is 2.70. The first kappa shape index (κ1) is 17.3. The Bertz CT molecular complexity index is 532. The average molecular weight is 324 g/mol. The van der Waals surface area contributed by atoms with Gasteiger partial charge in [0.05, 0.1) is 12.3 Å². The molecule has 122 valence electrons. The summed E-state index contributed by atoms with van der Waals surface area (Å²) >= 11 is 5.82. The number of anilines is 1. The molecule has 1 amide bonds. The molecule has 0 saturated heterocycles. The van der Waals surface area contributed by atoms with Crippen molar-refractivity contribution in [2.75, 3.05) is 24.1 Å². The van der Waals surface area contributed by atoms with Gasteiger partial charge in [-0.15, -0.1) is 11.6 Å². The number of benzene rings is 1. The quantitative estimate of drug-likeness (QED) is 0.578. The lowest BCUT2D eigenvalue weighted by Crippen LogP contribution is -2.37. The molecule has 0 atom stereocenters. The smallest absolute Gasteiger partial charge is 0.243 e. The predicted octanol–water partition coefficient (Wildman–Crippen LogP) is 4.25. The second kappa shape index (κ2) is 7.01. The molecular weight excluding hydrogens is 298 g/mol. The molecule has 0 unspecified atom stereocenters. The second-order valence-corrected chi connectivity index (χ2v) is 7.39. The van der Waals surface area contributed by atoms with Gasteiger partial charge in [0.15, 0.2) is 0 Å². The minimum atomic E-state index is -0.114. The molecule has 4 heteroatoms. The van der Waals surface area contributed by atoms with Crippen molar-refractivity contribution in [3.63, 3.8) is 0 Å². The van der Waals surface area contributed by atoms with E-state index >= 15 is 0 Å². The molecule has 1 saturated carbocycles. The van der Waals surface area contributed by atoms with Gasteiger partial charge < -0.3 is 4.74 Å². The number of carbonyl (C=O) groups is 1. The van der Waals surface area contributed by atoms with Crippen molar-refractivity contribution < 1.29 is 9.53 Å². The van der Waals surface area contributed by atoms with Crippen LogP contribution in [-0.2, 0) is 14.9 Å². The van der Waals surface area contributed by atoms with Gasteiger partial charge in [-0.1, -0.05) is 39.0 Å². The molecule has 1 aliphatic rings. The fraction of sp³-hybridized carbons (Fsp3) is 0.611. The topological polar surface area (TPSA) is 29.5 Å². The number of hydrogen-bond donors (Lipinski definition) is 0. The molecule has 0 radical (unpaired) electrons. The highest BCUT2D eigenvalue weighted by molar-refractivity contribution is 6.29. The molecule has 0 aromatic heterocycles. The maximum Gasteiger partial charge on any atom is 0.243 e. The zero-order valence-electron chi connectivity index (χ0n) is 14.0. The molecule has 1 aliphatic carbocycles. The van der Waals surface area contributed by atoms with Crippen molar-refractivity contribution in [1.82, 2.24) is 0 Å². The number of alkyl halides is 1. The number of nitrogens with zero attached hydrogens (tertiary/aromatic N) is 1. The number of carbonyl (C=O) groups excluding carboxylic acids is 1. The zero-order valence-corrected chi connectivity index (χ0v) is 14.7. The Labute approximate surface area is 138 Å². The van der Waals surface area contributed by atoms with Gasteiger partial charge in [-0.05, 0) is 42.2 Å². The number of para-hydroxylation sites is 1. The molecule has 1 fully saturated rings. The van der Waals surface area contributed by atoms with Gasteiger partial charge in [-0.3, -0.25) is 9.69 Å². The number of rotatable bonds is 6. The van der Waals surface area contributed by atoms with Crippen LogP contribution in [0.1, 0.15) is 44.7 Å². The Kier molecular flexibility index (Phi) is 5.51. The normalized spacial score (nSPS) is 15.0. The first-order valence-corrected chi connectivity index (χ1v) is 8.42. The highest BCUT2D eigenvalue weighted by atomic mass is 35.5. The molecule has 1 aromatic rings. The summed E-state index contributed by atoms with van der Waals surface area (Å²) in [5.41, 5.74) is 3.10. The van der Waals surface area contributed by atoms with Crippen LogP contribution in [0.4, 0.5) is 5.69 Å². The molecule has 0 aliphatic heterocycles. The van der Waals surface area contributed by atoms with Crippen LogP contribution in [0, 0.1) is 12.8 Å². The van der Waals surface area contributed by atoms with Crippen LogP contribution >= 0.6 is 11.6 Å². The van der Waals surface area contributed by atoms with Crippen LogP contribution in [0.25, 0.3) is 0 Å². The first-order valence-electron chi connectivity index (χ1n) is 7.88. The molecular formula is C18H26ClNO2. The summed E-state index contributed by atoms with van der Waals surface area (Å²) in [6.07, 6.45) is 2.47. The standard InChI is InChI=1S/C18H26ClNO2/c1-13-6-5-7-15(18(2,3)4)17(13)20(16(21)10-19)12-22-11-14-8-9-14/h5-7,14H,8-12H2,1-4H3. The third-order valence-corrected chi connectivity index (χ3v) is 4.23. The number of hydrogen-bond acceptors (Lipinski definition) is 2. The Balaban J connectivity index is 2.30. The van der Waals surface area contributed by atoms with E-state index in [2.05, 4.69) is 26.8 Å². The summed E-state index contributed by atoms with van der Waals surface area (Å²) in [5, 5.41) is 0. The van der Waals surface area contributed by atoms with E-state index in [0.717, 1.165) is 23.4 Å². The van der Waals surface area contributed by atoms with Crippen molar-refractivity contribution in [2.24, 2.45) is 5.92 Å². The SMILES string of the molecule is Cc1cccc(C(C)(C)C)c1N(COCC1CC1)C(=O)CCl. The van der Waals surface area contributed by atoms with Crippen molar-refractivity contribution in [3.05, 3.63) is 29.3 Å². The lowest BCUT2D eigenvalue weighted by Gasteiger charge is -2.31. The van der Waals surface area contributed by atoms with Gasteiger partial charge in [0.2, 0.25) is 5.91 Å². The number of halogens is 1. The van der Waals surface area contributed by atoms with Crippen LogP contribution in [0.3, 0.4) is 0 Å². The minimum Gasteiger partial charge on any atom is -0.360 e. The van der Waals surface area contributed by atoms with Gasteiger partial charge in [0.1, 0.15) is 12.6 Å².